The second-order valence-electron chi connectivity index (χ2n) is 1.91. The molecular formula is C7H6Cl2OS. The van der Waals surface area contributed by atoms with E-state index in [9.17, 15) is 4.21 Å². The molecule has 4 heteroatoms. The van der Waals surface area contributed by atoms with Gasteiger partial charge in [-0.2, -0.15) is 0 Å². The van der Waals surface area contributed by atoms with Crippen molar-refractivity contribution in [3.05, 3.63) is 29.3 Å². The van der Waals surface area contributed by atoms with Crippen LogP contribution in [0.5, 0.6) is 0 Å². The van der Waals surface area contributed by atoms with Crippen LogP contribution in [0.15, 0.2) is 29.2 Å². The molecule has 0 unspecified atom stereocenters. The van der Waals surface area contributed by atoms with E-state index in [2.05, 4.69) is 0 Å². The lowest BCUT2D eigenvalue weighted by atomic mass is 10.4. The number of benzene rings is 1. The average molecular weight is 209 g/mol. The lowest BCUT2D eigenvalue weighted by Crippen LogP contribution is -1.90. The molecule has 0 amide bonds. The highest BCUT2D eigenvalue weighted by Crippen LogP contribution is 2.12. The summed E-state index contributed by atoms with van der Waals surface area (Å²) in [5.74, 6) is 0. The van der Waals surface area contributed by atoms with Gasteiger partial charge in [-0.1, -0.05) is 11.6 Å². The van der Waals surface area contributed by atoms with Gasteiger partial charge in [-0.05, 0) is 24.3 Å². The number of hydrogen-bond acceptors (Lipinski definition) is 1. The highest BCUT2D eigenvalue weighted by molar-refractivity contribution is 7.86. The summed E-state index contributed by atoms with van der Waals surface area (Å²) in [6.45, 7) is 0. The lowest BCUT2D eigenvalue weighted by molar-refractivity contribution is 0.686. The number of hydrogen-bond donors (Lipinski definition) is 0. The van der Waals surface area contributed by atoms with Crippen molar-refractivity contribution in [3.63, 3.8) is 0 Å². The molecule has 0 heterocycles. The van der Waals surface area contributed by atoms with E-state index < -0.39 is 10.8 Å². The minimum absolute atomic E-state index is 0.127. The predicted molar refractivity (Wildman–Crippen MR) is 48.6 cm³/mol. The molecule has 0 fully saturated rings. The SMILES string of the molecule is O=[S@](CCl)c1ccc(Cl)cc1. The molecule has 0 radical (unpaired) electrons. The van der Waals surface area contributed by atoms with Crippen LogP contribution >= 0.6 is 23.2 Å². The Balaban J connectivity index is 2.90. The molecule has 0 saturated heterocycles. The summed E-state index contributed by atoms with van der Waals surface area (Å²) in [5, 5.41) is 0.766. The number of halogens is 2. The number of rotatable bonds is 2. The summed E-state index contributed by atoms with van der Waals surface area (Å²) in [6.07, 6.45) is 0. The van der Waals surface area contributed by atoms with Crippen LogP contribution in [0.25, 0.3) is 0 Å². The quantitative estimate of drug-likeness (QED) is 0.684. The Morgan fingerprint density at radius 1 is 1.27 bits per heavy atom. The van der Waals surface area contributed by atoms with Gasteiger partial charge in [-0.15, -0.1) is 11.6 Å². The van der Waals surface area contributed by atoms with Gasteiger partial charge >= 0.3 is 0 Å². The average Bonchev–Trinajstić information content (AvgIpc) is 2.05. The van der Waals surface area contributed by atoms with Crippen LogP contribution in [0.4, 0.5) is 0 Å². The monoisotopic (exact) mass is 208 g/mol. The molecule has 0 N–H and O–H groups in total. The van der Waals surface area contributed by atoms with Gasteiger partial charge in [0.2, 0.25) is 0 Å². The van der Waals surface area contributed by atoms with Crippen LogP contribution < -0.4 is 0 Å². The molecular weight excluding hydrogens is 203 g/mol. The maximum atomic E-state index is 11.1. The van der Waals surface area contributed by atoms with E-state index >= 15 is 0 Å². The van der Waals surface area contributed by atoms with Crippen LogP contribution in [0, 0.1) is 0 Å². The van der Waals surface area contributed by atoms with E-state index in [4.69, 9.17) is 23.2 Å². The van der Waals surface area contributed by atoms with Crippen molar-refractivity contribution in [3.8, 4) is 0 Å². The lowest BCUT2D eigenvalue weighted by Gasteiger charge is -1.96. The highest BCUT2D eigenvalue weighted by Gasteiger charge is 1.99. The van der Waals surface area contributed by atoms with Gasteiger partial charge in [-0.25, -0.2) is 0 Å². The molecule has 0 saturated carbocycles. The van der Waals surface area contributed by atoms with Crippen molar-refractivity contribution >= 4 is 34.0 Å². The highest BCUT2D eigenvalue weighted by atomic mass is 35.5. The molecule has 0 bridgehead atoms. The summed E-state index contributed by atoms with van der Waals surface area (Å²) in [4.78, 5) is 0.712. The van der Waals surface area contributed by atoms with Crippen LogP contribution in [0.3, 0.4) is 0 Å². The first-order valence-corrected chi connectivity index (χ1v) is 5.17. The van der Waals surface area contributed by atoms with E-state index in [0.717, 1.165) is 0 Å². The predicted octanol–water partition coefficient (Wildman–Crippen LogP) is 2.64. The fraction of sp³-hybridized carbons (Fsp3) is 0.143. The van der Waals surface area contributed by atoms with Crippen LogP contribution in [-0.2, 0) is 10.8 Å². The van der Waals surface area contributed by atoms with Gasteiger partial charge in [-0.3, -0.25) is 4.21 Å². The second-order valence-corrected chi connectivity index (χ2v) is 4.38. The normalized spacial score (nSPS) is 12.9. The van der Waals surface area contributed by atoms with Crippen molar-refractivity contribution < 1.29 is 4.21 Å². The molecule has 0 spiro atoms. The van der Waals surface area contributed by atoms with Gasteiger partial charge in [0.15, 0.2) is 0 Å². The van der Waals surface area contributed by atoms with Crippen molar-refractivity contribution in [2.75, 3.05) is 5.21 Å². The van der Waals surface area contributed by atoms with Gasteiger partial charge in [0.05, 0.1) is 10.8 Å². The molecule has 0 aliphatic heterocycles. The van der Waals surface area contributed by atoms with Gasteiger partial charge in [0.1, 0.15) is 5.21 Å². The zero-order chi connectivity index (χ0) is 8.27. The third kappa shape index (κ3) is 2.47. The summed E-state index contributed by atoms with van der Waals surface area (Å²) in [7, 11) is -1.09. The molecule has 1 aromatic rings. The molecule has 1 aromatic carbocycles. The van der Waals surface area contributed by atoms with Gasteiger partial charge in [0, 0.05) is 9.92 Å². The van der Waals surface area contributed by atoms with Crippen molar-refractivity contribution in [1.82, 2.24) is 0 Å². The smallest absolute Gasteiger partial charge is 0.103 e. The van der Waals surface area contributed by atoms with E-state index in [1.165, 1.54) is 0 Å². The van der Waals surface area contributed by atoms with Crippen molar-refractivity contribution in [2.45, 2.75) is 4.90 Å². The van der Waals surface area contributed by atoms with Crippen LogP contribution in [0.1, 0.15) is 0 Å². The first kappa shape index (κ1) is 9.04. The molecule has 0 aromatic heterocycles. The zero-order valence-corrected chi connectivity index (χ0v) is 7.92. The van der Waals surface area contributed by atoms with E-state index in [1.807, 2.05) is 0 Å². The van der Waals surface area contributed by atoms with Crippen molar-refractivity contribution in [1.29, 1.82) is 0 Å². The summed E-state index contributed by atoms with van der Waals surface area (Å²) in [6, 6.07) is 6.81. The fourth-order valence-electron chi connectivity index (χ4n) is 0.649. The molecule has 1 rings (SSSR count). The Hall–Kier alpha value is -0.0500. The van der Waals surface area contributed by atoms with E-state index in [1.54, 1.807) is 24.3 Å². The second kappa shape index (κ2) is 4.10. The summed E-state index contributed by atoms with van der Waals surface area (Å²) < 4.78 is 11.1. The first-order valence-electron chi connectivity index (χ1n) is 2.94. The largest absolute Gasteiger partial charge is 0.253 e. The zero-order valence-electron chi connectivity index (χ0n) is 5.59. The molecule has 11 heavy (non-hydrogen) atoms. The summed E-state index contributed by atoms with van der Waals surface area (Å²) in [5.41, 5.74) is 0. The van der Waals surface area contributed by atoms with E-state index in [0.29, 0.717) is 9.92 Å². The topological polar surface area (TPSA) is 17.1 Å². The Bertz CT molecular complexity index is 258. The maximum absolute atomic E-state index is 11.1. The fourth-order valence-corrected chi connectivity index (χ4v) is 1.72. The molecule has 0 aliphatic carbocycles. The molecule has 1 atom stereocenters. The number of alkyl halides is 1. The van der Waals surface area contributed by atoms with Gasteiger partial charge in [0.25, 0.3) is 0 Å². The third-order valence-corrected chi connectivity index (χ3v) is 3.02. The third-order valence-electron chi connectivity index (χ3n) is 1.18. The Morgan fingerprint density at radius 3 is 2.27 bits per heavy atom. The van der Waals surface area contributed by atoms with Crippen LogP contribution in [0.2, 0.25) is 5.02 Å². The van der Waals surface area contributed by atoms with Crippen LogP contribution in [-0.4, -0.2) is 9.42 Å². The Labute approximate surface area is 77.8 Å². The molecule has 0 aliphatic rings. The van der Waals surface area contributed by atoms with Crippen molar-refractivity contribution in [2.24, 2.45) is 0 Å². The maximum Gasteiger partial charge on any atom is 0.103 e. The molecule has 1 nitrogen and oxygen atoms in total. The summed E-state index contributed by atoms with van der Waals surface area (Å²) >= 11 is 11.0. The molecule has 60 valence electrons. The minimum atomic E-state index is -1.09. The standard InChI is InChI=1S/C7H6Cl2OS/c8-5-11(10)7-3-1-6(9)2-4-7/h1-4H,5H2/t11-/m1/s1. The minimum Gasteiger partial charge on any atom is -0.253 e. The van der Waals surface area contributed by atoms with E-state index in [-0.39, 0.29) is 5.21 Å². The van der Waals surface area contributed by atoms with Gasteiger partial charge < -0.3 is 0 Å². The first-order chi connectivity index (χ1) is 5.24. The Kier molecular flexibility index (Phi) is 3.37. The Morgan fingerprint density at radius 2 is 1.82 bits per heavy atom.